The van der Waals surface area contributed by atoms with E-state index in [1.54, 1.807) is 4.68 Å². The van der Waals surface area contributed by atoms with E-state index in [1.807, 2.05) is 36.4 Å². The molecular weight excluding hydrogens is 372 g/mol. The molecule has 5 rings (SSSR count). The van der Waals surface area contributed by atoms with E-state index < -0.39 is 0 Å². The van der Waals surface area contributed by atoms with Crippen molar-refractivity contribution in [2.75, 3.05) is 5.32 Å². The van der Waals surface area contributed by atoms with E-state index in [0.717, 1.165) is 23.3 Å². The van der Waals surface area contributed by atoms with Crippen LogP contribution in [0.3, 0.4) is 0 Å². The van der Waals surface area contributed by atoms with Crippen LogP contribution in [-0.2, 0) is 4.79 Å². The molecule has 0 saturated carbocycles. The van der Waals surface area contributed by atoms with Gasteiger partial charge in [0.1, 0.15) is 12.4 Å². The van der Waals surface area contributed by atoms with Gasteiger partial charge in [0.15, 0.2) is 5.78 Å². The van der Waals surface area contributed by atoms with Crippen molar-refractivity contribution in [1.29, 1.82) is 0 Å². The number of anilines is 1. The smallest absolute Gasteiger partial charge is 0.226 e. The number of hydrogen-bond acceptors (Lipinski definition) is 4. The van der Waals surface area contributed by atoms with Gasteiger partial charge in [0.05, 0.1) is 0 Å². The minimum Gasteiger partial charge on any atom is -0.328 e. The quantitative estimate of drug-likeness (QED) is 0.691. The second-order valence-corrected chi connectivity index (χ2v) is 7.82. The molecule has 2 aromatic carbocycles. The van der Waals surface area contributed by atoms with Crippen LogP contribution in [0.5, 0.6) is 0 Å². The molecule has 2 aliphatic rings. The molecule has 2 unspecified atom stereocenters. The van der Waals surface area contributed by atoms with Gasteiger partial charge in [-0.25, -0.2) is 4.68 Å². The van der Waals surface area contributed by atoms with Gasteiger partial charge in [0, 0.05) is 22.7 Å². The Hall–Kier alpha value is -2.92. The Balaban J connectivity index is 1.61. The Labute approximate surface area is 168 Å². The highest BCUT2D eigenvalue weighted by molar-refractivity contribution is 6.30. The zero-order valence-electron chi connectivity index (χ0n) is 15.4. The maximum Gasteiger partial charge on any atom is 0.226 e. The number of fused-ring (bicyclic) bond motifs is 1. The Bertz CT molecular complexity index is 1100. The number of rotatable bonds is 2. The summed E-state index contributed by atoms with van der Waals surface area (Å²) >= 11 is 6.07. The molecule has 0 amide bonds. The molecule has 0 bridgehead atoms. The van der Waals surface area contributed by atoms with Gasteiger partial charge >= 0.3 is 0 Å². The average molecular weight is 391 g/mol. The predicted molar refractivity (Wildman–Crippen MR) is 108 cm³/mol. The zero-order chi connectivity index (χ0) is 19.3. The van der Waals surface area contributed by atoms with E-state index in [9.17, 15) is 4.79 Å². The number of aromatic nitrogens is 3. The summed E-state index contributed by atoms with van der Waals surface area (Å²) in [5, 5.41) is 8.41. The van der Waals surface area contributed by atoms with Gasteiger partial charge in [0.25, 0.3) is 0 Å². The second kappa shape index (κ2) is 6.60. The summed E-state index contributed by atoms with van der Waals surface area (Å²) in [5.41, 5.74) is 5.17. The number of carbonyl (C=O) groups excluding carboxylic acids is 1. The fourth-order valence-corrected chi connectivity index (χ4v) is 4.50. The summed E-state index contributed by atoms with van der Waals surface area (Å²) in [6.07, 6.45) is 2.80. The maximum absolute atomic E-state index is 13.3. The standard InChI is InChI=1S/C22H19ClN4O/c1-13-4-2-3-5-17(13)15-10-18-20(19(28)11-15)21(14-6-8-16(23)9-7-14)27-22(26-18)24-12-25-27/h2-9,12,15,21H,10-11H2,1H3,(H,24,25,26). The Kier molecular flexibility index (Phi) is 4.05. The average Bonchev–Trinajstić information content (AvgIpc) is 3.15. The number of hydrogen-bond donors (Lipinski definition) is 1. The van der Waals surface area contributed by atoms with Gasteiger partial charge in [-0.05, 0) is 48.1 Å². The third-order valence-corrected chi connectivity index (χ3v) is 5.93. The number of halogens is 1. The molecule has 140 valence electrons. The van der Waals surface area contributed by atoms with Gasteiger partial charge < -0.3 is 5.32 Å². The van der Waals surface area contributed by atoms with Gasteiger partial charge in [-0.15, -0.1) is 0 Å². The van der Waals surface area contributed by atoms with Crippen LogP contribution in [0.1, 0.15) is 41.5 Å². The second-order valence-electron chi connectivity index (χ2n) is 7.38. The van der Waals surface area contributed by atoms with Crippen molar-refractivity contribution in [3.63, 3.8) is 0 Å². The number of carbonyl (C=O) groups is 1. The van der Waals surface area contributed by atoms with Gasteiger partial charge in [-0.2, -0.15) is 10.1 Å². The molecule has 28 heavy (non-hydrogen) atoms. The third kappa shape index (κ3) is 2.74. The first-order valence-electron chi connectivity index (χ1n) is 9.35. The van der Waals surface area contributed by atoms with Crippen LogP contribution in [0, 0.1) is 6.92 Å². The normalized spacial score (nSPS) is 21.1. The van der Waals surface area contributed by atoms with Crippen LogP contribution < -0.4 is 5.32 Å². The largest absolute Gasteiger partial charge is 0.328 e. The molecule has 0 saturated heterocycles. The van der Waals surface area contributed by atoms with Crippen molar-refractivity contribution < 1.29 is 4.79 Å². The van der Waals surface area contributed by atoms with Crippen LogP contribution in [0.25, 0.3) is 0 Å². The number of benzene rings is 2. The number of ketones is 1. The van der Waals surface area contributed by atoms with E-state index in [2.05, 4.69) is 34.5 Å². The van der Waals surface area contributed by atoms with Crippen LogP contribution >= 0.6 is 11.6 Å². The van der Waals surface area contributed by atoms with E-state index >= 15 is 0 Å². The van der Waals surface area contributed by atoms with Crippen molar-refractivity contribution in [2.45, 2.75) is 31.7 Å². The number of nitrogens with zero attached hydrogens (tertiary/aromatic N) is 3. The maximum atomic E-state index is 13.3. The number of nitrogens with one attached hydrogen (secondary N) is 1. The molecule has 6 heteroatoms. The van der Waals surface area contributed by atoms with E-state index in [0.29, 0.717) is 17.4 Å². The Morgan fingerprint density at radius 1 is 1.11 bits per heavy atom. The molecule has 5 nitrogen and oxygen atoms in total. The highest BCUT2D eigenvalue weighted by atomic mass is 35.5. The topological polar surface area (TPSA) is 59.8 Å². The molecular formula is C22H19ClN4O. The van der Waals surface area contributed by atoms with Gasteiger partial charge in [-0.1, -0.05) is 48.0 Å². The summed E-state index contributed by atoms with van der Waals surface area (Å²) < 4.78 is 1.79. The predicted octanol–water partition coefficient (Wildman–Crippen LogP) is 4.66. The van der Waals surface area contributed by atoms with E-state index in [-0.39, 0.29) is 17.7 Å². The molecule has 1 N–H and O–H groups in total. The van der Waals surface area contributed by atoms with Crippen LogP contribution in [0.15, 0.2) is 66.1 Å². The van der Waals surface area contributed by atoms with Crippen molar-refractivity contribution in [3.8, 4) is 0 Å². The molecule has 2 heterocycles. The summed E-state index contributed by atoms with van der Waals surface area (Å²) in [5.74, 6) is 0.986. The van der Waals surface area contributed by atoms with Crippen molar-refractivity contribution >= 4 is 23.3 Å². The molecule has 1 aliphatic carbocycles. The van der Waals surface area contributed by atoms with E-state index in [4.69, 9.17) is 11.6 Å². The first-order valence-corrected chi connectivity index (χ1v) is 9.73. The van der Waals surface area contributed by atoms with Crippen molar-refractivity contribution in [3.05, 3.63) is 87.8 Å². The lowest BCUT2D eigenvalue weighted by atomic mass is 9.77. The summed E-state index contributed by atoms with van der Waals surface area (Å²) in [7, 11) is 0. The molecule has 0 radical (unpaired) electrons. The molecule has 2 atom stereocenters. The minimum absolute atomic E-state index is 0.156. The Morgan fingerprint density at radius 3 is 2.68 bits per heavy atom. The number of Topliss-reactive ketones (excluding diaryl/α,β-unsaturated/α-hetero) is 1. The van der Waals surface area contributed by atoms with Gasteiger partial charge in [-0.3, -0.25) is 4.79 Å². The van der Waals surface area contributed by atoms with Crippen LogP contribution in [0.2, 0.25) is 5.02 Å². The molecule has 0 spiro atoms. The minimum atomic E-state index is -0.281. The lowest BCUT2D eigenvalue weighted by Crippen LogP contribution is -2.33. The number of aryl methyl sites for hydroxylation is 1. The van der Waals surface area contributed by atoms with Crippen molar-refractivity contribution in [2.24, 2.45) is 0 Å². The summed E-state index contributed by atoms with van der Waals surface area (Å²) in [6, 6.07) is 15.6. The molecule has 3 aromatic rings. The summed E-state index contributed by atoms with van der Waals surface area (Å²) in [4.78, 5) is 17.7. The monoisotopic (exact) mass is 390 g/mol. The van der Waals surface area contributed by atoms with Crippen LogP contribution in [0.4, 0.5) is 5.95 Å². The molecule has 0 fully saturated rings. The third-order valence-electron chi connectivity index (χ3n) is 5.68. The number of allylic oxidation sites excluding steroid dienone is 2. The highest BCUT2D eigenvalue weighted by Gasteiger charge is 2.39. The lowest BCUT2D eigenvalue weighted by molar-refractivity contribution is -0.116. The fraction of sp³-hybridized carbons (Fsp3) is 0.227. The van der Waals surface area contributed by atoms with Crippen LogP contribution in [-0.4, -0.2) is 20.5 Å². The molecule has 1 aromatic heterocycles. The molecule has 1 aliphatic heterocycles. The zero-order valence-corrected chi connectivity index (χ0v) is 16.1. The first-order chi connectivity index (χ1) is 13.6. The summed E-state index contributed by atoms with van der Waals surface area (Å²) in [6.45, 7) is 2.10. The Morgan fingerprint density at radius 2 is 1.89 bits per heavy atom. The van der Waals surface area contributed by atoms with Crippen molar-refractivity contribution in [1.82, 2.24) is 14.8 Å². The van der Waals surface area contributed by atoms with E-state index in [1.165, 1.54) is 17.5 Å². The van der Waals surface area contributed by atoms with Gasteiger partial charge in [0.2, 0.25) is 5.95 Å². The first kappa shape index (κ1) is 17.2. The fourth-order valence-electron chi connectivity index (χ4n) is 4.37. The lowest BCUT2D eigenvalue weighted by Gasteiger charge is -2.35. The highest BCUT2D eigenvalue weighted by Crippen LogP contribution is 2.44. The SMILES string of the molecule is Cc1ccccc1C1CC(=O)C2=C(C1)Nc1ncnn1C2c1ccc(Cl)cc1.